The third kappa shape index (κ3) is 3.08. The molecule has 0 bridgehead atoms. The number of nitrogens with one attached hydrogen (secondary N) is 1. The third-order valence-corrected chi connectivity index (χ3v) is 4.86. The minimum absolute atomic E-state index is 0.158. The molecule has 0 saturated carbocycles. The predicted octanol–water partition coefficient (Wildman–Crippen LogP) is 2.24. The van der Waals surface area contributed by atoms with E-state index in [1.807, 2.05) is 48.5 Å². The van der Waals surface area contributed by atoms with Crippen molar-refractivity contribution < 1.29 is 9.47 Å². The zero-order valence-corrected chi connectivity index (χ0v) is 15.8. The van der Waals surface area contributed by atoms with Gasteiger partial charge >= 0.3 is 0 Å². The molecular formula is C21H19N5O3. The van der Waals surface area contributed by atoms with Gasteiger partial charge in [-0.3, -0.25) is 9.89 Å². The van der Waals surface area contributed by atoms with E-state index in [0.717, 1.165) is 17.8 Å². The molecule has 0 aliphatic carbocycles. The highest BCUT2D eigenvalue weighted by molar-refractivity contribution is 5.76. The first-order valence-electron chi connectivity index (χ1n) is 9.32. The van der Waals surface area contributed by atoms with Crippen LogP contribution in [0.4, 0.5) is 0 Å². The summed E-state index contributed by atoms with van der Waals surface area (Å²) in [5.41, 5.74) is 2.91. The minimum atomic E-state index is -0.158. The molecule has 0 unspecified atom stereocenters. The summed E-state index contributed by atoms with van der Waals surface area (Å²) in [6.07, 6.45) is 9.20. The molecule has 0 saturated heterocycles. The number of aromatic amines is 1. The van der Waals surface area contributed by atoms with E-state index < -0.39 is 0 Å². The fraction of sp³-hybridized carbons (Fsp3) is 0.190. The van der Waals surface area contributed by atoms with Gasteiger partial charge in [0.1, 0.15) is 13.2 Å². The molecule has 0 fully saturated rings. The van der Waals surface area contributed by atoms with E-state index in [1.54, 1.807) is 23.1 Å². The van der Waals surface area contributed by atoms with E-state index in [9.17, 15) is 4.79 Å². The highest BCUT2D eigenvalue weighted by atomic mass is 16.6. The smallest absolute Gasteiger partial charge is 0.217 e. The van der Waals surface area contributed by atoms with Gasteiger partial charge in [-0.15, -0.1) is 0 Å². The second kappa shape index (κ2) is 6.97. The maximum absolute atomic E-state index is 13.2. The maximum Gasteiger partial charge on any atom is 0.217 e. The van der Waals surface area contributed by atoms with Crippen LogP contribution in [-0.4, -0.2) is 51.7 Å². The Morgan fingerprint density at radius 3 is 2.86 bits per heavy atom. The lowest BCUT2D eigenvalue weighted by Gasteiger charge is -2.19. The summed E-state index contributed by atoms with van der Waals surface area (Å²) >= 11 is 0. The van der Waals surface area contributed by atoms with E-state index in [1.165, 1.54) is 0 Å². The van der Waals surface area contributed by atoms with Gasteiger partial charge in [-0.1, -0.05) is 12.2 Å². The lowest BCUT2D eigenvalue weighted by Crippen LogP contribution is -2.19. The van der Waals surface area contributed by atoms with Crippen molar-refractivity contribution in [2.45, 2.75) is 0 Å². The van der Waals surface area contributed by atoms with Crippen molar-refractivity contribution in [3.63, 3.8) is 0 Å². The van der Waals surface area contributed by atoms with E-state index in [2.05, 4.69) is 15.3 Å². The molecule has 146 valence electrons. The number of nitrogens with zero attached hydrogens (tertiary/aromatic N) is 4. The Hall–Kier alpha value is -3.81. The molecule has 1 aromatic carbocycles. The first kappa shape index (κ1) is 17.3. The number of benzene rings is 1. The van der Waals surface area contributed by atoms with Gasteiger partial charge in [0.2, 0.25) is 5.43 Å². The minimum Gasteiger partial charge on any atom is -0.486 e. The van der Waals surface area contributed by atoms with Crippen molar-refractivity contribution in [1.82, 2.24) is 24.9 Å². The first-order valence-corrected chi connectivity index (χ1v) is 9.32. The van der Waals surface area contributed by atoms with Crippen molar-refractivity contribution in [2.75, 3.05) is 26.8 Å². The van der Waals surface area contributed by atoms with Gasteiger partial charge in [0, 0.05) is 37.6 Å². The number of fused-ring (bicyclic) bond motifs is 1. The quantitative estimate of drug-likeness (QED) is 0.740. The Morgan fingerprint density at radius 2 is 2.00 bits per heavy atom. The fourth-order valence-corrected chi connectivity index (χ4v) is 3.48. The fourth-order valence-electron chi connectivity index (χ4n) is 3.48. The summed E-state index contributed by atoms with van der Waals surface area (Å²) < 4.78 is 12.9. The van der Waals surface area contributed by atoms with Crippen LogP contribution in [0.2, 0.25) is 0 Å². The zero-order chi connectivity index (χ0) is 19.8. The summed E-state index contributed by atoms with van der Waals surface area (Å²) in [4.78, 5) is 15.3. The molecule has 8 nitrogen and oxygen atoms in total. The van der Waals surface area contributed by atoms with Crippen molar-refractivity contribution in [3.8, 4) is 28.6 Å². The van der Waals surface area contributed by atoms with Crippen LogP contribution >= 0.6 is 0 Å². The first-order chi connectivity index (χ1) is 14.2. The Kier molecular flexibility index (Phi) is 4.16. The van der Waals surface area contributed by atoms with Crippen LogP contribution in [0.3, 0.4) is 0 Å². The highest BCUT2D eigenvalue weighted by Gasteiger charge is 2.19. The standard InChI is InChI=1S/C21H19N5O3/c1-25-8-2-3-14(13-25)16-12-22-24-20(21(16)27)17-6-7-23-26(17)15-4-5-18-19(11-15)29-10-9-28-18/h2-7,11-13H,8-10H2,1H3,(H,22,27). The Balaban J connectivity index is 1.59. The molecule has 8 heteroatoms. The van der Waals surface area contributed by atoms with Gasteiger partial charge in [-0.2, -0.15) is 10.2 Å². The molecular weight excluding hydrogens is 370 g/mol. The SMILES string of the molecule is CN1C=C(c2c[nH]nc(-c3ccnn3-c3ccc4c(c3)OCCO4)c2=O)C=CC1. The van der Waals surface area contributed by atoms with Gasteiger partial charge < -0.3 is 14.4 Å². The largest absolute Gasteiger partial charge is 0.486 e. The van der Waals surface area contributed by atoms with Crippen LogP contribution in [0.1, 0.15) is 5.56 Å². The van der Waals surface area contributed by atoms with Gasteiger partial charge in [0.05, 0.1) is 23.1 Å². The van der Waals surface area contributed by atoms with Crippen LogP contribution in [0.15, 0.2) is 59.8 Å². The number of allylic oxidation sites excluding steroid dienone is 2. The molecule has 4 heterocycles. The second-order valence-corrected chi connectivity index (χ2v) is 6.86. The lowest BCUT2D eigenvalue weighted by molar-refractivity contribution is 0.171. The van der Waals surface area contributed by atoms with Crippen molar-refractivity contribution in [1.29, 1.82) is 0 Å². The van der Waals surface area contributed by atoms with Crippen LogP contribution in [0.25, 0.3) is 22.6 Å². The van der Waals surface area contributed by atoms with Crippen LogP contribution in [0.5, 0.6) is 11.5 Å². The summed E-state index contributed by atoms with van der Waals surface area (Å²) in [5.74, 6) is 1.36. The van der Waals surface area contributed by atoms with Crippen molar-refractivity contribution in [3.05, 3.63) is 70.8 Å². The lowest BCUT2D eigenvalue weighted by atomic mass is 10.0. The van der Waals surface area contributed by atoms with Gasteiger partial charge in [-0.25, -0.2) is 4.68 Å². The summed E-state index contributed by atoms with van der Waals surface area (Å²) in [6, 6.07) is 7.35. The molecule has 1 N–H and O–H groups in total. The monoisotopic (exact) mass is 389 g/mol. The molecule has 2 aliphatic heterocycles. The van der Waals surface area contributed by atoms with Crippen LogP contribution < -0.4 is 14.9 Å². The van der Waals surface area contributed by atoms with Crippen molar-refractivity contribution >= 4 is 5.57 Å². The molecule has 2 aliphatic rings. The van der Waals surface area contributed by atoms with Crippen LogP contribution in [0, 0.1) is 0 Å². The Labute approximate surface area is 166 Å². The van der Waals surface area contributed by atoms with Crippen LogP contribution in [-0.2, 0) is 0 Å². The number of likely N-dealkylation sites (N-methyl/N-ethyl adjacent to an activating group) is 1. The molecule has 0 radical (unpaired) electrons. The normalized spacial score (nSPS) is 15.3. The van der Waals surface area contributed by atoms with E-state index in [0.29, 0.717) is 41.7 Å². The number of rotatable bonds is 3. The van der Waals surface area contributed by atoms with E-state index in [4.69, 9.17) is 9.47 Å². The molecule has 5 rings (SSSR count). The summed E-state index contributed by atoms with van der Waals surface area (Å²) in [5, 5.41) is 11.5. The molecule has 0 amide bonds. The van der Waals surface area contributed by atoms with Crippen molar-refractivity contribution in [2.24, 2.45) is 0 Å². The van der Waals surface area contributed by atoms with E-state index in [-0.39, 0.29) is 5.43 Å². The maximum atomic E-state index is 13.2. The highest BCUT2D eigenvalue weighted by Crippen LogP contribution is 2.33. The predicted molar refractivity (Wildman–Crippen MR) is 108 cm³/mol. The third-order valence-electron chi connectivity index (χ3n) is 4.86. The molecule has 29 heavy (non-hydrogen) atoms. The second-order valence-electron chi connectivity index (χ2n) is 6.86. The number of aromatic nitrogens is 4. The molecule has 0 atom stereocenters. The van der Waals surface area contributed by atoms with Gasteiger partial charge in [-0.05, 0) is 18.2 Å². The van der Waals surface area contributed by atoms with E-state index >= 15 is 0 Å². The topological polar surface area (TPSA) is 85.3 Å². The van der Waals surface area contributed by atoms with Gasteiger partial charge in [0.25, 0.3) is 0 Å². The number of H-pyrrole nitrogens is 1. The summed E-state index contributed by atoms with van der Waals surface area (Å²) in [6.45, 7) is 1.85. The molecule has 3 aromatic rings. The average molecular weight is 389 g/mol. The van der Waals surface area contributed by atoms with Gasteiger partial charge in [0.15, 0.2) is 17.2 Å². The molecule has 0 spiro atoms. The average Bonchev–Trinajstić information content (AvgIpc) is 3.23. The number of hydrogen-bond donors (Lipinski definition) is 1. The number of ether oxygens (including phenoxy) is 2. The zero-order valence-electron chi connectivity index (χ0n) is 15.8. The Morgan fingerprint density at radius 1 is 1.14 bits per heavy atom. The summed E-state index contributed by atoms with van der Waals surface area (Å²) in [7, 11) is 1.97. The Bertz CT molecular complexity index is 1190. The number of hydrogen-bond acceptors (Lipinski definition) is 6. The molecule has 2 aromatic heterocycles.